The van der Waals surface area contributed by atoms with Crippen LogP contribution in [0.25, 0.3) is 0 Å². The Kier molecular flexibility index (Phi) is 4.59. The molecule has 1 rings (SSSR count). The number of carboxylic acids is 1. The Morgan fingerprint density at radius 3 is 2.93 bits per heavy atom. The van der Waals surface area contributed by atoms with E-state index in [1.54, 1.807) is 0 Å². The zero-order chi connectivity index (χ0) is 11.3. The minimum atomic E-state index is -0.791. The van der Waals surface area contributed by atoms with Gasteiger partial charge in [0.05, 0.1) is 6.42 Å². The quantitative estimate of drug-likeness (QED) is 0.813. The van der Waals surface area contributed by atoms with Gasteiger partial charge >= 0.3 is 5.97 Å². The van der Waals surface area contributed by atoms with Crippen molar-refractivity contribution < 1.29 is 9.90 Å². The highest BCUT2D eigenvalue weighted by atomic mass is 35.5. The predicted molar refractivity (Wildman–Crippen MR) is 60.1 cm³/mol. The molecule has 0 aliphatic rings. The highest BCUT2D eigenvalue weighted by Gasteiger charge is 2.05. The lowest BCUT2D eigenvalue weighted by Gasteiger charge is -2.13. The van der Waals surface area contributed by atoms with Gasteiger partial charge < -0.3 is 10.4 Å². The summed E-state index contributed by atoms with van der Waals surface area (Å²) < 4.78 is 0. The minimum absolute atomic E-state index is 0.114. The second-order valence-electron chi connectivity index (χ2n) is 3.37. The van der Waals surface area contributed by atoms with Crippen LogP contribution in [0.2, 0.25) is 5.02 Å². The fourth-order valence-electron chi connectivity index (χ4n) is 1.29. The maximum absolute atomic E-state index is 10.3. The van der Waals surface area contributed by atoms with Gasteiger partial charge in [-0.15, -0.1) is 0 Å². The van der Waals surface area contributed by atoms with E-state index in [0.717, 1.165) is 5.56 Å². The molecule has 0 aromatic heterocycles. The molecule has 1 aromatic rings. The van der Waals surface area contributed by atoms with Gasteiger partial charge in [-0.1, -0.05) is 23.7 Å². The van der Waals surface area contributed by atoms with Gasteiger partial charge in [-0.3, -0.25) is 4.79 Å². The summed E-state index contributed by atoms with van der Waals surface area (Å²) in [6.45, 7) is 2.44. The van der Waals surface area contributed by atoms with E-state index < -0.39 is 5.97 Å². The lowest BCUT2D eigenvalue weighted by atomic mass is 10.1. The van der Waals surface area contributed by atoms with Gasteiger partial charge in [0, 0.05) is 17.6 Å². The molecule has 2 N–H and O–H groups in total. The first kappa shape index (κ1) is 12.0. The molecule has 1 atom stereocenters. The minimum Gasteiger partial charge on any atom is -0.481 e. The number of hydrogen-bond donors (Lipinski definition) is 2. The molecule has 15 heavy (non-hydrogen) atoms. The first-order valence-corrected chi connectivity index (χ1v) is 5.18. The van der Waals surface area contributed by atoms with Crippen LogP contribution in [0.4, 0.5) is 0 Å². The van der Waals surface area contributed by atoms with Gasteiger partial charge in [0.1, 0.15) is 0 Å². The van der Waals surface area contributed by atoms with Crippen molar-refractivity contribution in [3.05, 3.63) is 34.9 Å². The molecule has 0 radical (unpaired) electrons. The molecule has 0 aliphatic heterocycles. The van der Waals surface area contributed by atoms with E-state index >= 15 is 0 Å². The number of aliphatic carboxylic acids is 1. The van der Waals surface area contributed by atoms with E-state index in [9.17, 15) is 4.79 Å². The highest BCUT2D eigenvalue weighted by Crippen LogP contribution is 2.16. The lowest BCUT2D eigenvalue weighted by molar-refractivity contribution is -0.136. The third-order valence-electron chi connectivity index (χ3n) is 2.14. The fourth-order valence-corrected chi connectivity index (χ4v) is 1.49. The first-order valence-electron chi connectivity index (χ1n) is 4.80. The molecule has 0 amide bonds. The number of nitrogens with one attached hydrogen (secondary N) is 1. The van der Waals surface area contributed by atoms with Crippen LogP contribution in [0.1, 0.15) is 24.9 Å². The van der Waals surface area contributed by atoms with Crippen molar-refractivity contribution in [3.8, 4) is 0 Å². The molecule has 0 heterocycles. The van der Waals surface area contributed by atoms with Crippen molar-refractivity contribution in [1.82, 2.24) is 5.32 Å². The number of rotatable bonds is 5. The summed E-state index contributed by atoms with van der Waals surface area (Å²) in [5.74, 6) is -0.791. The van der Waals surface area contributed by atoms with Crippen molar-refractivity contribution in [1.29, 1.82) is 0 Å². The molecule has 0 aliphatic carbocycles. The average molecular weight is 228 g/mol. The molecule has 3 nitrogen and oxygen atoms in total. The maximum atomic E-state index is 10.3. The van der Waals surface area contributed by atoms with Crippen LogP contribution in [0.5, 0.6) is 0 Å². The molecule has 0 saturated heterocycles. The highest BCUT2D eigenvalue weighted by molar-refractivity contribution is 6.30. The van der Waals surface area contributed by atoms with Crippen LogP contribution in [-0.2, 0) is 4.79 Å². The number of benzene rings is 1. The SMILES string of the molecule is CC(NCCC(=O)O)c1cccc(Cl)c1. The molecular weight excluding hydrogens is 214 g/mol. The smallest absolute Gasteiger partial charge is 0.304 e. The van der Waals surface area contributed by atoms with E-state index in [4.69, 9.17) is 16.7 Å². The van der Waals surface area contributed by atoms with Gasteiger partial charge in [-0.25, -0.2) is 0 Å². The number of hydrogen-bond acceptors (Lipinski definition) is 2. The van der Waals surface area contributed by atoms with Gasteiger partial charge in [0.25, 0.3) is 0 Å². The normalized spacial score (nSPS) is 12.4. The first-order chi connectivity index (χ1) is 7.09. The summed E-state index contributed by atoms with van der Waals surface area (Å²) in [5, 5.41) is 12.3. The summed E-state index contributed by atoms with van der Waals surface area (Å²) in [6, 6.07) is 7.65. The number of halogens is 1. The Morgan fingerprint density at radius 1 is 1.60 bits per heavy atom. The van der Waals surface area contributed by atoms with Crippen LogP contribution >= 0.6 is 11.6 Å². The van der Waals surface area contributed by atoms with Gasteiger partial charge in [0.2, 0.25) is 0 Å². The predicted octanol–water partition coefficient (Wildman–Crippen LogP) is 2.47. The fraction of sp³-hybridized carbons (Fsp3) is 0.364. The molecule has 1 unspecified atom stereocenters. The summed E-state index contributed by atoms with van der Waals surface area (Å²) in [6.07, 6.45) is 0.130. The monoisotopic (exact) mass is 227 g/mol. The molecular formula is C11H14ClNO2. The summed E-state index contributed by atoms with van der Waals surface area (Å²) in [7, 11) is 0. The molecule has 0 spiro atoms. The third-order valence-corrected chi connectivity index (χ3v) is 2.37. The van der Waals surface area contributed by atoms with E-state index in [2.05, 4.69) is 5.32 Å². The zero-order valence-electron chi connectivity index (χ0n) is 8.53. The summed E-state index contributed by atoms with van der Waals surface area (Å²) >= 11 is 5.85. The zero-order valence-corrected chi connectivity index (χ0v) is 9.29. The standard InChI is InChI=1S/C11H14ClNO2/c1-8(13-6-5-11(14)15)9-3-2-4-10(12)7-9/h2-4,7-8,13H,5-6H2,1H3,(H,14,15). The van der Waals surface area contributed by atoms with Crippen LogP contribution in [0.3, 0.4) is 0 Å². The second-order valence-corrected chi connectivity index (χ2v) is 3.81. The van der Waals surface area contributed by atoms with Gasteiger partial charge in [0.15, 0.2) is 0 Å². The van der Waals surface area contributed by atoms with E-state index in [-0.39, 0.29) is 12.5 Å². The van der Waals surface area contributed by atoms with Crippen molar-refractivity contribution in [3.63, 3.8) is 0 Å². The largest absolute Gasteiger partial charge is 0.481 e. The maximum Gasteiger partial charge on any atom is 0.304 e. The Bertz CT molecular complexity index is 341. The van der Waals surface area contributed by atoms with Crippen LogP contribution in [-0.4, -0.2) is 17.6 Å². The summed E-state index contributed by atoms with van der Waals surface area (Å²) in [4.78, 5) is 10.3. The van der Waals surface area contributed by atoms with Gasteiger partial charge in [-0.2, -0.15) is 0 Å². The van der Waals surface area contributed by atoms with Gasteiger partial charge in [-0.05, 0) is 24.6 Å². The number of carbonyl (C=O) groups is 1. The van der Waals surface area contributed by atoms with E-state index in [1.807, 2.05) is 31.2 Å². The lowest BCUT2D eigenvalue weighted by Crippen LogP contribution is -2.21. The number of carboxylic acid groups (broad SMARTS) is 1. The van der Waals surface area contributed by atoms with Crippen molar-refractivity contribution in [2.24, 2.45) is 0 Å². The Balaban J connectivity index is 2.46. The molecule has 0 bridgehead atoms. The van der Waals surface area contributed by atoms with Crippen LogP contribution in [0.15, 0.2) is 24.3 Å². The second kappa shape index (κ2) is 5.73. The topological polar surface area (TPSA) is 49.3 Å². The Labute approximate surface area is 94.1 Å². The van der Waals surface area contributed by atoms with Crippen molar-refractivity contribution >= 4 is 17.6 Å². The Morgan fingerprint density at radius 2 is 2.33 bits per heavy atom. The van der Waals surface area contributed by atoms with E-state index in [1.165, 1.54) is 0 Å². The van der Waals surface area contributed by atoms with Crippen LogP contribution < -0.4 is 5.32 Å². The molecule has 4 heteroatoms. The molecule has 82 valence electrons. The van der Waals surface area contributed by atoms with Crippen LogP contribution in [0, 0.1) is 0 Å². The Hall–Kier alpha value is -1.06. The molecule has 0 saturated carbocycles. The van der Waals surface area contributed by atoms with Crippen molar-refractivity contribution in [2.75, 3.05) is 6.54 Å². The van der Waals surface area contributed by atoms with Crippen molar-refractivity contribution in [2.45, 2.75) is 19.4 Å². The summed E-state index contributed by atoms with van der Waals surface area (Å²) in [5.41, 5.74) is 1.06. The van der Waals surface area contributed by atoms with E-state index in [0.29, 0.717) is 11.6 Å². The third kappa shape index (κ3) is 4.32. The molecule has 1 aromatic carbocycles. The average Bonchev–Trinajstić information content (AvgIpc) is 2.17. The molecule has 0 fully saturated rings.